The Hall–Kier alpha value is -3.50. The second-order valence-corrected chi connectivity index (χ2v) is 17.3. The average Bonchev–Trinajstić information content (AvgIpc) is 3.37. The maximum atomic E-state index is 5.29. The maximum Gasteiger partial charge on any atom is 3.00 e. The topological polar surface area (TPSA) is 39.9 Å². The van der Waals surface area contributed by atoms with Gasteiger partial charge in [0.15, 0.2) is 0 Å². The summed E-state index contributed by atoms with van der Waals surface area (Å²) in [7, 11) is 0. The summed E-state index contributed by atoms with van der Waals surface area (Å²) in [5.74, 6) is 0. The first-order chi connectivity index (χ1) is 21.8. The zero-order valence-corrected chi connectivity index (χ0v) is 32.7. The summed E-state index contributed by atoms with van der Waals surface area (Å²) in [5, 5.41) is 2.42. The fourth-order valence-corrected chi connectivity index (χ4v) is 6.06. The third-order valence-electron chi connectivity index (χ3n) is 9.27. The standard InChI is InChI=1S/C44H48N3.Au/c1-41(2,3)31-13-14-39-36(23-31)37-25-34(44(10,11)12)24-35(40(37)47-39)29-17-27(19-32(21-29)42(4,5)6)28-18-30(38-15-16-45-26-46-38)22-33(20-28)43(7,8)9;/h13-16,19-26H,1-12H3;/q-3;+3. The van der Waals surface area contributed by atoms with Crippen LogP contribution in [0.4, 0.5) is 0 Å². The minimum Gasteiger partial charge on any atom is -0.663 e. The van der Waals surface area contributed by atoms with E-state index in [1.807, 2.05) is 6.07 Å². The molecule has 2 heterocycles. The van der Waals surface area contributed by atoms with Gasteiger partial charge < -0.3 is 4.98 Å². The number of hydrogen-bond donors (Lipinski definition) is 0. The normalized spacial score (nSPS) is 12.8. The van der Waals surface area contributed by atoms with Crippen LogP contribution in [0.1, 0.15) is 105 Å². The SMILES string of the molecule is CC(C)(C)c1cc(-c2[c-]c(-c3cc(C(C)(C)C)cc4c3[n-]c3ccc(C(C)(C)C)cc34)cc(C(C)(C)C)c2)[c-]c(-c2ccncn2)c1.[Au+3]. The Morgan fingerprint density at radius 1 is 0.521 bits per heavy atom. The van der Waals surface area contributed by atoms with Crippen molar-refractivity contribution in [1.29, 1.82) is 0 Å². The fourth-order valence-electron chi connectivity index (χ4n) is 6.06. The molecule has 0 aliphatic heterocycles. The number of hydrogen-bond acceptors (Lipinski definition) is 2. The van der Waals surface area contributed by atoms with Gasteiger partial charge in [0.05, 0.1) is 0 Å². The van der Waals surface area contributed by atoms with Crippen molar-refractivity contribution in [2.75, 3.05) is 0 Å². The Kier molecular flexibility index (Phi) is 9.27. The van der Waals surface area contributed by atoms with Gasteiger partial charge in [0.2, 0.25) is 0 Å². The summed E-state index contributed by atoms with van der Waals surface area (Å²) in [5.41, 5.74) is 13.1. The Morgan fingerprint density at radius 2 is 1.02 bits per heavy atom. The zero-order chi connectivity index (χ0) is 34.1. The molecule has 4 aromatic carbocycles. The molecule has 0 spiro atoms. The summed E-state index contributed by atoms with van der Waals surface area (Å²) in [6.07, 6.45) is 3.39. The molecule has 0 fully saturated rings. The number of rotatable bonds is 3. The molecule has 0 saturated heterocycles. The molecule has 3 nitrogen and oxygen atoms in total. The summed E-state index contributed by atoms with van der Waals surface area (Å²) < 4.78 is 0. The van der Waals surface area contributed by atoms with Crippen molar-refractivity contribution in [3.05, 3.63) is 108 Å². The van der Waals surface area contributed by atoms with Gasteiger partial charge in [-0.2, -0.15) is 40.9 Å². The molecule has 0 atom stereocenters. The molecule has 0 aliphatic carbocycles. The van der Waals surface area contributed by atoms with Crippen molar-refractivity contribution in [2.24, 2.45) is 0 Å². The Balaban J connectivity index is 0.00000451. The van der Waals surface area contributed by atoms with Gasteiger partial charge in [0, 0.05) is 11.9 Å². The second-order valence-electron chi connectivity index (χ2n) is 17.3. The number of benzene rings is 4. The van der Waals surface area contributed by atoms with E-state index in [1.165, 1.54) is 33.0 Å². The minimum atomic E-state index is -0.0811. The van der Waals surface area contributed by atoms with Crippen molar-refractivity contribution < 1.29 is 22.4 Å². The van der Waals surface area contributed by atoms with Gasteiger partial charge >= 0.3 is 22.4 Å². The van der Waals surface area contributed by atoms with E-state index in [0.29, 0.717) is 0 Å². The summed E-state index contributed by atoms with van der Waals surface area (Å²) >= 11 is 0. The molecular weight excluding hydrogens is 767 g/mol. The molecule has 0 unspecified atom stereocenters. The van der Waals surface area contributed by atoms with Gasteiger partial charge in [-0.1, -0.05) is 125 Å². The van der Waals surface area contributed by atoms with Crippen LogP contribution in [0.25, 0.3) is 55.3 Å². The molecular formula is C44H48AuN3. The molecule has 6 aromatic rings. The van der Waals surface area contributed by atoms with Crippen LogP contribution in [0.3, 0.4) is 0 Å². The van der Waals surface area contributed by atoms with E-state index in [-0.39, 0.29) is 44.0 Å². The van der Waals surface area contributed by atoms with Gasteiger partial charge in [0.1, 0.15) is 6.33 Å². The fraction of sp³-hybridized carbons (Fsp3) is 0.364. The number of fused-ring (bicyclic) bond motifs is 3. The molecule has 0 saturated carbocycles. The Labute approximate surface area is 303 Å². The maximum absolute atomic E-state index is 5.29. The van der Waals surface area contributed by atoms with Gasteiger partial charge in [0.25, 0.3) is 0 Å². The van der Waals surface area contributed by atoms with Gasteiger partial charge in [-0.15, -0.1) is 39.9 Å². The molecule has 4 heteroatoms. The van der Waals surface area contributed by atoms with Crippen molar-refractivity contribution in [1.82, 2.24) is 15.0 Å². The third kappa shape index (κ3) is 7.10. The Morgan fingerprint density at radius 3 is 1.56 bits per heavy atom. The Bertz CT molecular complexity index is 2110. The molecule has 0 aliphatic rings. The molecule has 48 heavy (non-hydrogen) atoms. The molecule has 0 N–H and O–H groups in total. The first kappa shape index (κ1) is 35.8. The molecule has 0 bridgehead atoms. The van der Waals surface area contributed by atoms with Crippen molar-refractivity contribution in [3.63, 3.8) is 0 Å². The number of aromatic nitrogens is 3. The smallest absolute Gasteiger partial charge is 0.663 e. The first-order valence-electron chi connectivity index (χ1n) is 16.8. The van der Waals surface area contributed by atoms with Gasteiger partial charge in [-0.05, 0) is 43.6 Å². The molecule has 2 aromatic heterocycles. The van der Waals surface area contributed by atoms with Crippen LogP contribution < -0.4 is 4.98 Å². The summed E-state index contributed by atoms with van der Waals surface area (Å²) in [4.78, 5) is 14.0. The predicted octanol–water partition coefficient (Wildman–Crippen LogP) is 11.5. The van der Waals surface area contributed by atoms with Crippen molar-refractivity contribution >= 4 is 21.8 Å². The predicted molar refractivity (Wildman–Crippen MR) is 199 cm³/mol. The van der Waals surface area contributed by atoms with E-state index in [9.17, 15) is 0 Å². The van der Waals surface area contributed by atoms with Gasteiger partial charge in [-0.25, -0.2) is 4.98 Å². The van der Waals surface area contributed by atoms with E-state index < -0.39 is 0 Å². The van der Waals surface area contributed by atoms with E-state index in [4.69, 9.17) is 4.98 Å². The molecule has 6 rings (SSSR count). The second kappa shape index (κ2) is 12.4. The van der Waals surface area contributed by atoms with Crippen LogP contribution >= 0.6 is 0 Å². The zero-order valence-electron chi connectivity index (χ0n) is 30.6. The van der Waals surface area contributed by atoms with Gasteiger partial charge in [-0.3, -0.25) is 4.98 Å². The minimum absolute atomic E-state index is 0. The third-order valence-corrected chi connectivity index (χ3v) is 9.27. The van der Waals surface area contributed by atoms with E-state index >= 15 is 0 Å². The van der Waals surface area contributed by atoms with Crippen molar-refractivity contribution in [3.8, 4) is 33.5 Å². The monoisotopic (exact) mass is 815 g/mol. The molecule has 0 radical (unpaired) electrons. The average molecular weight is 816 g/mol. The number of nitrogens with zero attached hydrogens (tertiary/aromatic N) is 3. The van der Waals surface area contributed by atoms with E-state index in [1.54, 1.807) is 12.5 Å². The van der Waals surface area contributed by atoms with E-state index in [0.717, 1.165) is 44.5 Å². The van der Waals surface area contributed by atoms with E-state index in [2.05, 4.69) is 160 Å². The van der Waals surface area contributed by atoms with Crippen LogP contribution in [0.5, 0.6) is 0 Å². The van der Waals surface area contributed by atoms with Crippen LogP contribution in [-0.4, -0.2) is 9.97 Å². The summed E-state index contributed by atoms with van der Waals surface area (Å²) in [6, 6.07) is 30.2. The van der Waals surface area contributed by atoms with Crippen LogP contribution in [0.2, 0.25) is 0 Å². The van der Waals surface area contributed by atoms with Crippen LogP contribution in [0.15, 0.2) is 73.2 Å². The largest absolute Gasteiger partial charge is 3.00 e. The van der Waals surface area contributed by atoms with Crippen LogP contribution in [0, 0.1) is 12.1 Å². The molecule has 0 amide bonds. The molecule has 250 valence electrons. The van der Waals surface area contributed by atoms with Crippen molar-refractivity contribution in [2.45, 2.75) is 105 Å². The summed E-state index contributed by atoms with van der Waals surface area (Å²) in [6.45, 7) is 27.3. The van der Waals surface area contributed by atoms with Crippen LogP contribution in [-0.2, 0) is 44.0 Å². The first-order valence-corrected chi connectivity index (χ1v) is 16.8. The quantitative estimate of drug-likeness (QED) is 0.132.